The number of anilines is 1. The van der Waals surface area contributed by atoms with Crippen molar-refractivity contribution in [1.82, 2.24) is 15.0 Å². The van der Waals surface area contributed by atoms with Gasteiger partial charge in [0.15, 0.2) is 11.6 Å². The minimum atomic E-state index is -0.487. The van der Waals surface area contributed by atoms with Crippen molar-refractivity contribution in [3.8, 4) is 0 Å². The molecule has 0 aromatic carbocycles. The Morgan fingerprint density at radius 2 is 2.11 bits per heavy atom. The molecule has 2 rings (SSSR count). The Bertz CT molecular complexity index is 576. The van der Waals surface area contributed by atoms with Crippen LogP contribution in [0.1, 0.15) is 18.3 Å². The third-order valence-electron chi connectivity index (χ3n) is 2.68. The summed E-state index contributed by atoms with van der Waals surface area (Å²) >= 11 is 5.71. The van der Waals surface area contributed by atoms with Crippen molar-refractivity contribution >= 4 is 17.4 Å². The van der Waals surface area contributed by atoms with E-state index in [1.807, 2.05) is 32.0 Å². The predicted molar refractivity (Wildman–Crippen MR) is 72.7 cm³/mol. The van der Waals surface area contributed by atoms with Gasteiger partial charge < -0.3 is 4.90 Å². The van der Waals surface area contributed by atoms with Crippen molar-refractivity contribution in [3.05, 3.63) is 46.9 Å². The Labute approximate surface area is 116 Å². The second kappa shape index (κ2) is 5.93. The van der Waals surface area contributed by atoms with Gasteiger partial charge in [-0.2, -0.15) is 4.98 Å². The first-order valence-electron chi connectivity index (χ1n) is 5.95. The first-order valence-corrected chi connectivity index (χ1v) is 6.33. The van der Waals surface area contributed by atoms with Gasteiger partial charge in [-0.1, -0.05) is 6.07 Å². The van der Waals surface area contributed by atoms with E-state index in [1.54, 1.807) is 4.90 Å². The van der Waals surface area contributed by atoms with Gasteiger partial charge in [0.2, 0.25) is 5.28 Å². The minimum Gasteiger partial charge on any atom is -0.348 e. The number of nitrogens with zero attached hydrogens (tertiary/aromatic N) is 4. The van der Waals surface area contributed by atoms with E-state index in [2.05, 4.69) is 15.0 Å². The molecular formula is C13H14ClFN4. The molecule has 0 fully saturated rings. The number of hydrogen-bond donors (Lipinski definition) is 0. The summed E-state index contributed by atoms with van der Waals surface area (Å²) in [5.74, 6) is -0.287. The summed E-state index contributed by atoms with van der Waals surface area (Å²) in [7, 11) is 0. The van der Waals surface area contributed by atoms with Gasteiger partial charge in [0.25, 0.3) is 0 Å². The molecule has 0 spiro atoms. The molecule has 0 aliphatic carbocycles. The van der Waals surface area contributed by atoms with E-state index in [1.165, 1.54) is 0 Å². The standard InChI is InChI=1S/C13H14ClFN4/c1-3-19(8-10-6-4-5-9(2)17-10)12-11(15)7-16-13(14)18-12/h4-7H,3,8H2,1-2H3. The summed E-state index contributed by atoms with van der Waals surface area (Å²) in [6.07, 6.45) is 1.08. The van der Waals surface area contributed by atoms with E-state index in [4.69, 9.17) is 11.6 Å². The van der Waals surface area contributed by atoms with Gasteiger partial charge in [0.1, 0.15) is 0 Å². The van der Waals surface area contributed by atoms with Crippen molar-refractivity contribution in [2.75, 3.05) is 11.4 Å². The van der Waals surface area contributed by atoms with Crippen LogP contribution < -0.4 is 4.90 Å². The van der Waals surface area contributed by atoms with E-state index < -0.39 is 5.82 Å². The number of aromatic nitrogens is 3. The van der Waals surface area contributed by atoms with Gasteiger partial charge in [0, 0.05) is 12.2 Å². The molecule has 19 heavy (non-hydrogen) atoms. The third-order valence-corrected chi connectivity index (χ3v) is 2.86. The molecule has 0 amide bonds. The Morgan fingerprint density at radius 3 is 2.79 bits per heavy atom. The highest BCUT2D eigenvalue weighted by molar-refractivity contribution is 6.28. The number of halogens is 2. The lowest BCUT2D eigenvalue weighted by Gasteiger charge is -2.21. The molecule has 6 heteroatoms. The van der Waals surface area contributed by atoms with Crippen molar-refractivity contribution in [3.63, 3.8) is 0 Å². The number of hydrogen-bond acceptors (Lipinski definition) is 4. The Morgan fingerprint density at radius 1 is 1.32 bits per heavy atom. The van der Waals surface area contributed by atoms with Crippen LogP contribution in [0, 0.1) is 12.7 Å². The van der Waals surface area contributed by atoms with Crippen LogP contribution in [0.25, 0.3) is 0 Å². The molecular weight excluding hydrogens is 267 g/mol. The molecule has 0 N–H and O–H groups in total. The van der Waals surface area contributed by atoms with Crippen molar-refractivity contribution in [2.45, 2.75) is 20.4 Å². The van der Waals surface area contributed by atoms with Crippen LogP contribution in [-0.2, 0) is 6.54 Å². The highest BCUT2D eigenvalue weighted by Gasteiger charge is 2.14. The lowest BCUT2D eigenvalue weighted by atomic mass is 10.3. The van der Waals surface area contributed by atoms with Crippen LogP contribution in [0.5, 0.6) is 0 Å². The number of rotatable bonds is 4. The van der Waals surface area contributed by atoms with E-state index in [-0.39, 0.29) is 11.1 Å². The number of pyridine rings is 1. The summed E-state index contributed by atoms with van der Waals surface area (Å²) in [5, 5.41) is 0.0343. The summed E-state index contributed by atoms with van der Waals surface area (Å²) in [5.41, 5.74) is 1.78. The third kappa shape index (κ3) is 3.38. The smallest absolute Gasteiger partial charge is 0.224 e. The fourth-order valence-corrected chi connectivity index (χ4v) is 1.91. The van der Waals surface area contributed by atoms with Crippen LogP contribution in [-0.4, -0.2) is 21.5 Å². The fourth-order valence-electron chi connectivity index (χ4n) is 1.78. The summed E-state index contributed by atoms with van der Waals surface area (Å²) in [6, 6.07) is 5.74. The highest BCUT2D eigenvalue weighted by Crippen LogP contribution is 2.19. The zero-order valence-corrected chi connectivity index (χ0v) is 11.5. The molecule has 0 radical (unpaired) electrons. The van der Waals surface area contributed by atoms with Crippen LogP contribution in [0.3, 0.4) is 0 Å². The van der Waals surface area contributed by atoms with Crippen LogP contribution in [0.15, 0.2) is 24.4 Å². The summed E-state index contributed by atoms with van der Waals surface area (Å²) in [4.78, 5) is 13.7. The first-order chi connectivity index (χ1) is 9.10. The number of aryl methyl sites for hydroxylation is 1. The Balaban J connectivity index is 2.27. The average Bonchev–Trinajstić information content (AvgIpc) is 2.39. The zero-order valence-electron chi connectivity index (χ0n) is 10.8. The second-order valence-electron chi connectivity index (χ2n) is 4.10. The molecule has 0 atom stereocenters. The van der Waals surface area contributed by atoms with E-state index >= 15 is 0 Å². The predicted octanol–water partition coefficient (Wildman–Crippen LogP) is 3.00. The van der Waals surface area contributed by atoms with Crippen molar-refractivity contribution in [1.29, 1.82) is 0 Å². The maximum Gasteiger partial charge on any atom is 0.224 e. The lowest BCUT2D eigenvalue weighted by Crippen LogP contribution is -2.25. The van der Waals surface area contributed by atoms with Gasteiger partial charge in [0.05, 0.1) is 18.4 Å². The lowest BCUT2D eigenvalue weighted by molar-refractivity contribution is 0.601. The molecule has 4 nitrogen and oxygen atoms in total. The SMILES string of the molecule is CCN(Cc1cccc(C)n1)c1nc(Cl)ncc1F. The van der Waals surface area contributed by atoms with Crippen molar-refractivity contribution < 1.29 is 4.39 Å². The maximum atomic E-state index is 13.7. The molecule has 0 aliphatic heterocycles. The molecule has 2 heterocycles. The topological polar surface area (TPSA) is 41.9 Å². The monoisotopic (exact) mass is 280 g/mol. The Hall–Kier alpha value is -1.75. The van der Waals surface area contributed by atoms with Gasteiger partial charge in [-0.15, -0.1) is 0 Å². The molecule has 100 valence electrons. The van der Waals surface area contributed by atoms with E-state index in [0.29, 0.717) is 13.1 Å². The zero-order chi connectivity index (χ0) is 13.8. The fraction of sp³-hybridized carbons (Fsp3) is 0.308. The molecule has 2 aromatic heterocycles. The molecule has 0 saturated heterocycles. The van der Waals surface area contributed by atoms with Crippen LogP contribution >= 0.6 is 11.6 Å². The molecule has 0 saturated carbocycles. The van der Waals surface area contributed by atoms with Gasteiger partial charge in [-0.3, -0.25) is 4.98 Å². The Kier molecular flexibility index (Phi) is 4.27. The van der Waals surface area contributed by atoms with E-state index in [0.717, 1.165) is 17.6 Å². The summed E-state index contributed by atoms with van der Waals surface area (Å²) in [6.45, 7) is 4.91. The van der Waals surface area contributed by atoms with Gasteiger partial charge in [-0.25, -0.2) is 9.37 Å². The first kappa shape index (κ1) is 13.7. The molecule has 2 aromatic rings. The van der Waals surface area contributed by atoms with Gasteiger partial charge in [-0.05, 0) is 37.6 Å². The average molecular weight is 281 g/mol. The molecule has 0 unspecified atom stereocenters. The maximum absolute atomic E-state index is 13.7. The minimum absolute atomic E-state index is 0.0343. The second-order valence-corrected chi connectivity index (χ2v) is 4.43. The largest absolute Gasteiger partial charge is 0.348 e. The van der Waals surface area contributed by atoms with Crippen LogP contribution in [0.4, 0.5) is 10.2 Å². The van der Waals surface area contributed by atoms with Gasteiger partial charge >= 0.3 is 0 Å². The normalized spacial score (nSPS) is 10.5. The quantitative estimate of drug-likeness (QED) is 0.808. The molecule has 0 bridgehead atoms. The summed E-state index contributed by atoms with van der Waals surface area (Å²) < 4.78 is 13.7. The van der Waals surface area contributed by atoms with Crippen molar-refractivity contribution in [2.24, 2.45) is 0 Å². The van der Waals surface area contributed by atoms with Crippen LogP contribution in [0.2, 0.25) is 5.28 Å². The molecule has 0 aliphatic rings. The highest BCUT2D eigenvalue weighted by atomic mass is 35.5. The van der Waals surface area contributed by atoms with E-state index in [9.17, 15) is 4.39 Å².